The van der Waals surface area contributed by atoms with E-state index in [0.717, 1.165) is 13.0 Å². The van der Waals surface area contributed by atoms with Gasteiger partial charge in [-0.25, -0.2) is 0 Å². The summed E-state index contributed by atoms with van der Waals surface area (Å²) in [6.45, 7) is 2.09. The SMILES string of the molecule is NC[C@@H]1CCN(C(=O)c2ccc(Cl)cc2Cl)C1. The average molecular weight is 273 g/mol. The summed E-state index contributed by atoms with van der Waals surface area (Å²) in [6, 6.07) is 4.94. The summed E-state index contributed by atoms with van der Waals surface area (Å²) in [4.78, 5) is 14.0. The molecule has 1 aromatic carbocycles. The molecule has 17 heavy (non-hydrogen) atoms. The van der Waals surface area contributed by atoms with Crippen LogP contribution in [0.3, 0.4) is 0 Å². The topological polar surface area (TPSA) is 46.3 Å². The van der Waals surface area contributed by atoms with Crippen LogP contribution in [0.2, 0.25) is 10.0 Å². The number of amides is 1. The van der Waals surface area contributed by atoms with Gasteiger partial charge in [0, 0.05) is 18.1 Å². The Morgan fingerprint density at radius 2 is 2.24 bits per heavy atom. The number of benzene rings is 1. The van der Waals surface area contributed by atoms with Crippen LogP contribution in [0.5, 0.6) is 0 Å². The minimum atomic E-state index is -0.0392. The molecule has 5 heteroatoms. The van der Waals surface area contributed by atoms with E-state index in [0.29, 0.717) is 34.6 Å². The highest BCUT2D eigenvalue weighted by molar-refractivity contribution is 6.36. The number of likely N-dealkylation sites (tertiary alicyclic amines) is 1. The number of hydrogen-bond acceptors (Lipinski definition) is 2. The molecule has 1 atom stereocenters. The minimum Gasteiger partial charge on any atom is -0.338 e. The largest absolute Gasteiger partial charge is 0.338 e. The highest BCUT2D eigenvalue weighted by Crippen LogP contribution is 2.24. The summed E-state index contributed by atoms with van der Waals surface area (Å²) < 4.78 is 0. The molecule has 1 heterocycles. The van der Waals surface area contributed by atoms with E-state index in [1.807, 2.05) is 0 Å². The molecular weight excluding hydrogens is 259 g/mol. The standard InChI is InChI=1S/C12H14Cl2N2O/c13-9-1-2-10(11(14)5-9)12(17)16-4-3-8(6-15)7-16/h1-2,5,8H,3-4,6-7,15H2/t8-/m0/s1. The maximum absolute atomic E-state index is 12.2. The third-order valence-corrected chi connectivity index (χ3v) is 3.62. The Kier molecular flexibility index (Phi) is 3.92. The van der Waals surface area contributed by atoms with Crippen molar-refractivity contribution in [3.63, 3.8) is 0 Å². The monoisotopic (exact) mass is 272 g/mol. The van der Waals surface area contributed by atoms with Gasteiger partial charge in [0.25, 0.3) is 5.91 Å². The van der Waals surface area contributed by atoms with Gasteiger partial charge in [0.05, 0.1) is 10.6 Å². The fourth-order valence-electron chi connectivity index (χ4n) is 2.04. The van der Waals surface area contributed by atoms with Crippen LogP contribution in [-0.2, 0) is 0 Å². The lowest BCUT2D eigenvalue weighted by molar-refractivity contribution is 0.0788. The lowest BCUT2D eigenvalue weighted by Crippen LogP contribution is -2.30. The molecule has 1 aliphatic heterocycles. The first kappa shape index (κ1) is 12.7. The molecule has 2 N–H and O–H groups in total. The van der Waals surface area contributed by atoms with Gasteiger partial charge in [-0.3, -0.25) is 4.79 Å². The molecule has 92 valence electrons. The van der Waals surface area contributed by atoms with Gasteiger partial charge in [-0.05, 0) is 37.1 Å². The Hall–Kier alpha value is -0.770. The Morgan fingerprint density at radius 3 is 2.82 bits per heavy atom. The zero-order valence-electron chi connectivity index (χ0n) is 9.33. The third-order valence-electron chi connectivity index (χ3n) is 3.07. The number of nitrogens with zero attached hydrogens (tertiary/aromatic N) is 1. The number of nitrogens with two attached hydrogens (primary N) is 1. The van der Waals surface area contributed by atoms with Gasteiger partial charge < -0.3 is 10.6 Å². The first-order chi connectivity index (χ1) is 8.11. The highest BCUT2D eigenvalue weighted by atomic mass is 35.5. The van der Waals surface area contributed by atoms with Gasteiger partial charge in [0.2, 0.25) is 0 Å². The van der Waals surface area contributed by atoms with E-state index in [2.05, 4.69) is 0 Å². The van der Waals surface area contributed by atoms with Crippen LogP contribution in [0.25, 0.3) is 0 Å². The molecule has 0 unspecified atom stereocenters. The van der Waals surface area contributed by atoms with Crippen LogP contribution in [0, 0.1) is 5.92 Å². The summed E-state index contributed by atoms with van der Waals surface area (Å²) in [6.07, 6.45) is 0.966. The van der Waals surface area contributed by atoms with E-state index >= 15 is 0 Å². The van der Waals surface area contributed by atoms with Crippen molar-refractivity contribution < 1.29 is 4.79 Å². The normalized spacial score (nSPS) is 19.7. The molecule has 0 saturated carbocycles. The Bertz CT molecular complexity index is 437. The number of hydrogen-bond donors (Lipinski definition) is 1. The fourth-order valence-corrected chi connectivity index (χ4v) is 2.53. The lowest BCUT2D eigenvalue weighted by Gasteiger charge is -2.17. The predicted molar refractivity (Wildman–Crippen MR) is 69.5 cm³/mol. The summed E-state index contributed by atoms with van der Waals surface area (Å²) >= 11 is 11.8. The summed E-state index contributed by atoms with van der Waals surface area (Å²) in [7, 11) is 0. The average Bonchev–Trinajstić information content (AvgIpc) is 2.76. The number of carbonyl (C=O) groups is 1. The van der Waals surface area contributed by atoms with Gasteiger partial charge >= 0.3 is 0 Å². The Morgan fingerprint density at radius 1 is 1.47 bits per heavy atom. The Labute approximate surface area is 110 Å². The summed E-state index contributed by atoms with van der Waals surface area (Å²) in [5.41, 5.74) is 6.11. The van der Waals surface area contributed by atoms with E-state index in [9.17, 15) is 4.79 Å². The second-order valence-electron chi connectivity index (χ2n) is 4.27. The molecule has 0 radical (unpaired) electrons. The molecule has 0 bridgehead atoms. The van der Waals surface area contributed by atoms with Crippen LogP contribution in [0.4, 0.5) is 0 Å². The summed E-state index contributed by atoms with van der Waals surface area (Å²) in [5, 5.41) is 0.937. The zero-order chi connectivity index (χ0) is 12.4. The molecule has 0 spiro atoms. The number of rotatable bonds is 2. The molecule has 2 rings (SSSR count). The molecule has 0 aliphatic carbocycles. The van der Waals surface area contributed by atoms with Crippen molar-refractivity contribution in [3.05, 3.63) is 33.8 Å². The smallest absolute Gasteiger partial charge is 0.255 e. The van der Waals surface area contributed by atoms with Crippen LogP contribution in [-0.4, -0.2) is 30.4 Å². The number of carbonyl (C=O) groups excluding carboxylic acids is 1. The van der Waals surface area contributed by atoms with Crippen LogP contribution < -0.4 is 5.73 Å². The van der Waals surface area contributed by atoms with Gasteiger partial charge in [-0.1, -0.05) is 23.2 Å². The van der Waals surface area contributed by atoms with Crippen LogP contribution in [0.15, 0.2) is 18.2 Å². The fraction of sp³-hybridized carbons (Fsp3) is 0.417. The van der Waals surface area contributed by atoms with Crippen LogP contribution >= 0.6 is 23.2 Å². The first-order valence-electron chi connectivity index (χ1n) is 5.56. The lowest BCUT2D eigenvalue weighted by atomic mass is 10.1. The van der Waals surface area contributed by atoms with Crippen molar-refractivity contribution in [2.24, 2.45) is 11.7 Å². The maximum Gasteiger partial charge on any atom is 0.255 e. The van der Waals surface area contributed by atoms with Crippen molar-refractivity contribution in [2.45, 2.75) is 6.42 Å². The highest BCUT2D eigenvalue weighted by Gasteiger charge is 2.26. The van der Waals surface area contributed by atoms with Crippen molar-refractivity contribution in [3.8, 4) is 0 Å². The van der Waals surface area contributed by atoms with Crippen molar-refractivity contribution in [1.29, 1.82) is 0 Å². The third kappa shape index (κ3) is 2.73. The van der Waals surface area contributed by atoms with E-state index in [1.165, 1.54) is 0 Å². The predicted octanol–water partition coefficient (Wildman–Crippen LogP) is 2.41. The van der Waals surface area contributed by atoms with E-state index in [-0.39, 0.29) is 5.91 Å². The van der Waals surface area contributed by atoms with Crippen LogP contribution in [0.1, 0.15) is 16.8 Å². The van der Waals surface area contributed by atoms with Gasteiger partial charge in [0.1, 0.15) is 0 Å². The number of halogens is 2. The van der Waals surface area contributed by atoms with Gasteiger partial charge in [0.15, 0.2) is 0 Å². The quantitative estimate of drug-likeness (QED) is 0.899. The molecule has 1 amide bonds. The summed E-state index contributed by atoms with van der Waals surface area (Å²) in [5.74, 6) is 0.368. The molecule has 3 nitrogen and oxygen atoms in total. The molecule has 0 aromatic heterocycles. The minimum absolute atomic E-state index is 0.0392. The molecule has 1 aromatic rings. The van der Waals surface area contributed by atoms with E-state index in [4.69, 9.17) is 28.9 Å². The molecule has 1 saturated heterocycles. The van der Waals surface area contributed by atoms with E-state index < -0.39 is 0 Å². The van der Waals surface area contributed by atoms with E-state index in [1.54, 1.807) is 23.1 Å². The maximum atomic E-state index is 12.2. The second-order valence-corrected chi connectivity index (χ2v) is 5.11. The molecular formula is C12H14Cl2N2O. The van der Waals surface area contributed by atoms with Gasteiger partial charge in [-0.15, -0.1) is 0 Å². The first-order valence-corrected chi connectivity index (χ1v) is 6.32. The second kappa shape index (κ2) is 5.25. The Balaban J connectivity index is 2.15. The van der Waals surface area contributed by atoms with Crippen molar-refractivity contribution in [1.82, 2.24) is 4.90 Å². The zero-order valence-corrected chi connectivity index (χ0v) is 10.8. The molecule has 1 fully saturated rings. The van der Waals surface area contributed by atoms with Crippen molar-refractivity contribution in [2.75, 3.05) is 19.6 Å². The molecule has 1 aliphatic rings. The van der Waals surface area contributed by atoms with Gasteiger partial charge in [-0.2, -0.15) is 0 Å². The van der Waals surface area contributed by atoms with Crippen molar-refractivity contribution >= 4 is 29.1 Å².